The van der Waals surface area contributed by atoms with Gasteiger partial charge in [-0.25, -0.2) is 4.79 Å². The van der Waals surface area contributed by atoms with Gasteiger partial charge in [0.2, 0.25) is 0 Å². The highest BCUT2D eigenvalue weighted by molar-refractivity contribution is 5.97. The molecule has 0 spiro atoms. The van der Waals surface area contributed by atoms with Gasteiger partial charge in [-0.3, -0.25) is 4.79 Å². The van der Waals surface area contributed by atoms with Crippen molar-refractivity contribution in [2.75, 3.05) is 13.2 Å². The molecule has 0 saturated heterocycles. The van der Waals surface area contributed by atoms with E-state index in [1.165, 1.54) is 19.1 Å². The number of cyclic esters (lactones) is 1. The summed E-state index contributed by atoms with van der Waals surface area (Å²) >= 11 is 0. The summed E-state index contributed by atoms with van der Waals surface area (Å²) in [6.07, 6.45) is -4.15. The first kappa shape index (κ1) is 19.7. The molecule has 3 rings (SSSR count). The number of esters is 1. The largest absolute Gasteiger partial charge is 0.492 e. The van der Waals surface area contributed by atoms with Gasteiger partial charge < -0.3 is 14.8 Å². The lowest BCUT2D eigenvalue weighted by atomic mass is 9.89. The lowest BCUT2D eigenvalue weighted by Gasteiger charge is -2.33. The third-order valence-electron chi connectivity index (χ3n) is 4.40. The van der Waals surface area contributed by atoms with Gasteiger partial charge in [-0.1, -0.05) is 18.2 Å². The molecule has 28 heavy (non-hydrogen) atoms. The van der Waals surface area contributed by atoms with Gasteiger partial charge in [0.15, 0.2) is 5.60 Å². The smallest absolute Gasteiger partial charge is 0.416 e. The summed E-state index contributed by atoms with van der Waals surface area (Å²) in [5, 5.41) is 2.63. The van der Waals surface area contributed by atoms with Crippen LogP contribution in [0.4, 0.5) is 13.2 Å². The molecule has 0 radical (unpaired) electrons. The predicted octanol–water partition coefficient (Wildman–Crippen LogP) is 3.37. The van der Waals surface area contributed by atoms with Gasteiger partial charge in [0.1, 0.15) is 12.4 Å². The Hall–Kier alpha value is -3.03. The fourth-order valence-corrected chi connectivity index (χ4v) is 2.92. The second-order valence-electron chi connectivity index (χ2n) is 6.58. The summed E-state index contributed by atoms with van der Waals surface area (Å²) in [6.45, 7) is 1.69. The average Bonchev–Trinajstić information content (AvgIpc) is 2.64. The van der Waals surface area contributed by atoms with E-state index in [9.17, 15) is 22.8 Å². The van der Waals surface area contributed by atoms with E-state index in [-0.39, 0.29) is 25.3 Å². The number of hydrogen-bond donors (Lipinski definition) is 1. The van der Waals surface area contributed by atoms with E-state index >= 15 is 0 Å². The summed E-state index contributed by atoms with van der Waals surface area (Å²) in [5.41, 5.74) is -0.920. The van der Waals surface area contributed by atoms with Crippen molar-refractivity contribution in [3.63, 3.8) is 0 Å². The number of fused-ring (bicyclic) bond motifs is 1. The van der Waals surface area contributed by atoms with Crippen LogP contribution in [0.5, 0.6) is 5.75 Å². The van der Waals surface area contributed by atoms with Gasteiger partial charge in [-0.2, -0.15) is 13.2 Å². The summed E-state index contributed by atoms with van der Waals surface area (Å²) < 4.78 is 48.2. The third-order valence-corrected chi connectivity index (χ3v) is 4.40. The first-order chi connectivity index (χ1) is 13.2. The van der Waals surface area contributed by atoms with E-state index in [0.29, 0.717) is 5.56 Å². The molecule has 1 unspecified atom stereocenters. The van der Waals surface area contributed by atoms with E-state index in [2.05, 4.69) is 5.32 Å². The van der Waals surface area contributed by atoms with Gasteiger partial charge in [0.05, 0.1) is 17.7 Å². The molecule has 148 valence electrons. The number of carbonyl (C=O) groups is 2. The molecule has 1 aliphatic heterocycles. The van der Waals surface area contributed by atoms with Gasteiger partial charge in [-0.05, 0) is 42.8 Å². The predicted molar refractivity (Wildman–Crippen MR) is 93.9 cm³/mol. The first-order valence-electron chi connectivity index (χ1n) is 8.59. The topological polar surface area (TPSA) is 64.6 Å². The molecule has 2 aromatic carbocycles. The molecule has 8 heteroatoms. The van der Waals surface area contributed by atoms with Crippen LogP contribution in [0.25, 0.3) is 0 Å². The van der Waals surface area contributed by atoms with Gasteiger partial charge in [0, 0.05) is 6.42 Å². The maximum atomic E-state index is 12.5. The van der Waals surface area contributed by atoms with Crippen molar-refractivity contribution in [1.82, 2.24) is 5.32 Å². The third kappa shape index (κ3) is 4.27. The first-order valence-corrected chi connectivity index (χ1v) is 8.59. The summed E-state index contributed by atoms with van der Waals surface area (Å²) in [7, 11) is 0. The number of rotatable bonds is 5. The molecule has 0 saturated carbocycles. The molecule has 1 N–H and O–H groups in total. The highest BCUT2D eigenvalue weighted by Gasteiger charge is 2.42. The summed E-state index contributed by atoms with van der Waals surface area (Å²) in [6, 6.07) is 11.2. The van der Waals surface area contributed by atoms with E-state index in [1.807, 2.05) is 0 Å². The Balaban J connectivity index is 1.51. The lowest BCUT2D eigenvalue weighted by molar-refractivity contribution is -0.140. The van der Waals surface area contributed by atoms with Crippen LogP contribution in [0, 0.1) is 0 Å². The second-order valence-corrected chi connectivity index (χ2v) is 6.58. The van der Waals surface area contributed by atoms with Crippen molar-refractivity contribution < 1.29 is 32.2 Å². The van der Waals surface area contributed by atoms with E-state index in [1.54, 1.807) is 24.3 Å². The molecule has 2 aromatic rings. The SMILES string of the molecule is CC1(C(=O)NCCOc2ccc(C(F)(F)F)cc2)Cc2ccccc2C(=O)O1. The number of ether oxygens (including phenoxy) is 2. The molecular formula is C20H18F3NO4. The van der Waals surface area contributed by atoms with Crippen LogP contribution in [0.1, 0.15) is 28.4 Å². The van der Waals surface area contributed by atoms with Crippen LogP contribution in [0.2, 0.25) is 0 Å². The number of hydrogen-bond acceptors (Lipinski definition) is 4. The van der Waals surface area contributed by atoms with Crippen molar-refractivity contribution in [2.45, 2.75) is 25.1 Å². The minimum Gasteiger partial charge on any atom is -0.492 e. The summed E-state index contributed by atoms with van der Waals surface area (Å²) in [5.74, 6) is -0.765. The Morgan fingerprint density at radius 2 is 1.86 bits per heavy atom. The molecule has 1 amide bonds. The van der Waals surface area contributed by atoms with Crippen LogP contribution >= 0.6 is 0 Å². The maximum absolute atomic E-state index is 12.5. The fraction of sp³-hybridized carbons (Fsp3) is 0.300. The normalized spacial score (nSPS) is 18.8. The van der Waals surface area contributed by atoms with Gasteiger partial charge in [-0.15, -0.1) is 0 Å². The average molecular weight is 393 g/mol. The van der Waals surface area contributed by atoms with Crippen molar-refractivity contribution in [1.29, 1.82) is 0 Å². The number of benzene rings is 2. The minimum atomic E-state index is -4.40. The molecule has 1 aliphatic rings. The zero-order valence-corrected chi connectivity index (χ0v) is 15.0. The number of nitrogens with one attached hydrogen (secondary N) is 1. The zero-order valence-electron chi connectivity index (χ0n) is 15.0. The van der Waals surface area contributed by atoms with Crippen LogP contribution in [-0.2, 0) is 22.1 Å². The monoisotopic (exact) mass is 393 g/mol. The Bertz CT molecular complexity index is 880. The van der Waals surface area contributed by atoms with Crippen molar-refractivity contribution in [2.24, 2.45) is 0 Å². The molecule has 0 aromatic heterocycles. The number of alkyl halides is 3. The van der Waals surface area contributed by atoms with Crippen molar-refractivity contribution >= 4 is 11.9 Å². The molecule has 5 nitrogen and oxygen atoms in total. The molecule has 0 bridgehead atoms. The van der Waals surface area contributed by atoms with E-state index in [4.69, 9.17) is 9.47 Å². The van der Waals surface area contributed by atoms with E-state index in [0.717, 1.165) is 17.7 Å². The highest BCUT2D eigenvalue weighted by Crippen LogP contribution is 2.30. The number of halogens is 3. The van der Waals surface area contributed by atoms with Crippen LogP contribution in [-0.4, -0.2) is 30.6 Å². The number of amides is 1. The van der Waals surface area contributed by atoms with Crippen molar-refractivity contribution in [3.05, 3.63) is 65.2 Å². The van der Waals surface area contributed by atoms with Crippen LogP contribution < -0.4 is 10.1 Å². The van der Waals surface area contributed by atoms with Gasteiger partial charge >= 0.3 is 12.1 Å². The van der Waals surface area contributed by atoms with Crippen LogP contribution in [0.3, 0.4) is 0 Å². The molecule has 1 heterocycles. The molecule has 1 atom stereocenters. The summed E-state index contributed by atoms with van der Waals surface area (Å²) in [4.78, 5) is 24.6. The van der Waals surface area contributed by atoms with E-state index < -0.39 is 29.2 Å². The lowest BCUT2D eigenvalue weighted by Crippen LogP contribution is -2.52. The van der Waals surface area contributed by atoms with Crippen LogP contribution in [0.15, 0.2) is 48.5 Å². The Morgan fingerprint density at radius 1 is 1.18 bits per heavy atom. The standard InChI is InChI=1S/C20H18F3NO4/c1-19(12-13-4-2-3-5-16(13)17(25)28-19)18(26)24-10-11-27-15-8-6-14(7-9-15)20(21,22)23/h2-9H,10-12H2,1H3,(H,24,26). The maximum Gasteiger partial charge on any atom is 0.416 e. The molecular weight excluding hydrogens is 375 g/mol. The second kappa shape index (κ2) is 7.53. The Kier molecular flexibility index (Phi) is 5.31. The Labute approximate surface area is 159 Å². The number of carbonyl (C=O) groups excluding carboxylic acids is 2. The quantitative estimate of drug-likeness (QED) is 0.625. The molecule has 0 fully saturated rings. The van der Waals surface area contributed by atoms with Crippen molar-refractivity contribution in [3.8, 4) is 5.75 Å². The minimum absolute atomic E-state index is 0.0533. The molecule has 0 aliphatic carbocycles. The fourth-order valence-electron chi connectivity index (χ4n) is 2.92. The van der Waals surface area contributed by atoms with Gasteiger partial charge in [0.25, 0.3) is 5.91 Å². The zero-order chi connectivity index (χ0) is 20.4. The highest BCUT2D eigenvalue weighted by atomic mass is 19.4. The Morgan fingerprint density at radius 3 is 2.54 bits per heavy atom.